The minimum absolute atomic E-state index is 0.0573. The van der Waals surface area contributed by atoms with Crippen molar-refractivity contribution in [1.29, 1.82) is 0 Å². The van der Waals surface area contributed by atoms with Crippen molar-refractivity contribution >= 4 is 17.7 Å². The van der Waals surface area contributed by atoms with E-state index in [4.69, 9.17) is 0 Å². The maximum absolute atomic E-state index is 13.9. The fraction of sp³-hybridized carbons (Fsp3) is 0.500. The molecule has 0 bridgehead atoms. The number of benzene rings is 1. The average Bonchev–Trinajstić information content (AvgIpc) is 3.03. The zero-order chi connectivity index (χ0) is 18.8. The molecule has 2 aliphatic rings. The van der Waals surface area contributed by atoms with Crippen molar-refractivity contribution < 1.29 is 9.18 Å². The molecule has 144 valence electrons. The molecule has 1 saturated heterocycles. The Morgan fingerprint density at radius 2 is 2.11 bits per heavy atom. The fourth-order valence-electron chi connectivity index (χ4n) is 3.95. The van der Waals surface area contributed by atoms with Crippen molar-refractivity contribution in [2.24, 2.45) is 7.05 Å². The number of halogens is 1. The van der Waals surface area contributed by atoms with Gasteiger partial charge in [0, 0.05) is 61.1 Å². The summed E-state index contributed by atoms with van der Waals surface area (Å²) in [7, 11) is 1.93. The third-order valence-corrected chi connectivity index (χ3v) is 6.44. The van der Waals surface area contributed by atoms with Gasteiger partial charge in [-0.05, 0) is 25.3 Å². The molecule has 1 unspecified atom stereocenters. The molecule has 2 heterocycles. The number of amides is 1. The zero-order valence-electron chi connectivity index (χ0n) is 15.6. The van der Waals surface area contributed by atoms with Crippen LogP contribution in [0.25, 0.3) is 0 Å². The van der Waals surface area contributed by atoms with Gasteiger partial charge < -0.3 is 10.2 Å². The van der Waals surface area contributed by atoms with E-state index in [2.05, 4.69) is 10.4 Å². The van der Waals surface area contributed by atoms with Crippen LogP contribution >= 0.6 is 11.8 Å². The molecule has 1 atom stereocenters. The van der Waals surface area contributed by atoms with E-state index in [1.807, 2.05) is 40.5 Å². The second kappa shape index (κ2) is 8.02. The molecule has 1 aromatic heterocycles. The molecule has 5 nitrogen and oxygen atoms in total. The summed E-state index contributed by atoms with van der Waals surface area (Å²) in [6.45, 7) is 2.09. The average molecular weight is 389 g/mol. The van der Waals surface area contributed by atoms with Gasteiger partial charge in [0.1, 0.15) is 5.82 Å². The number of fused-ring (bicyclic) bond motifs is 1. The first kappa shape index (κ1) is 18.5. The van der Waals surface area contributed by atoms with Crippen molar-refractivity contribution in [2.45, 2.75) is 31.8 Å². The Morgan fingerprint density at radius 3 is 2.89 bits per heavy atom. The summed E-state index contributed by atoms with van der Waals surface area (Å²) >= 11 is 1.89. The minimum Gasteiger partial charge on any atom is -0.336 e. The minimum atomic E-state index is -0.179. The number of rotatable bonds is 4. The first-order valence-corrected chi connectivity index (χ1v) is 10.7. The molecule has 0 spiro atoms. The van der Waals surface area contributed by atoms with Crippen LogP contribution in [0, 0.1) is 5.82 Å². The van der Waals surface area contributed by atoms with E-state index in [-0.39, 0.29) is 17.8 Å². The SMILES string of the molecule is Cn1nc(C(=O)N2CCSCC2)c2c1CCC(NCc1ccccc1F)C2. The van der Waals surface area contributed by atoms with Gasteiger partial charge in [0.2, 0.25) is 0 Å². The lowest BCUT2D eigenvalue weighted by Gasteiger charge is -2.27. The van der Waals surface area contributed by atoms with Gasteiger partial charge in [-0.3, -0.25) is 9.48 Å². The Kier molecular flexibility index (Phi) is 5.50. The van der Waals surface area contributed by atoms with Gasteiger partial charge in [0.25, 0.3) is 5.91 Å². The molecule has 1 aliphatic heterocycles. The van der Waals surface area contributed by atoms with Crippen molar-refractivity contribution in [3.8, 4) is 0 Å². The number of hydrogen-bond acceptors (Lipinski definition) is 4. The highest BCUT2D eigenvalue weighted by Crippen LogP contribution is 2.26. The monoisotopic (exact) mass is 388 g/mol. The molecule has 4 rings (SSSR count). The number of aromatic nitrogens is 2. The van der Waals surface area contributed by atoms with Crippen LogP contribution in [0.5, 0.6) is 0 Å². The Morgan fingerprint density at radius 1 is 1.33 bits per heavy atom. The number of hydrogen-bond donors (Lipinski definition) is 1. The smallest absolute Gasteiger partial charge is 0.274 e. The van der Waals surface area contributed by atoms with Crippen LogP contribution < -0.4 is 5.32 Å². The lowest BCUT2D eigenvalue weighted by Crippen LogP contribution is -2.39. The molecule has 27 heavy (non-hydrogen) atoms. The van der Waals surface area contributed by atoms with Crippen molar-refractivity contribution in [1.82, 2.24) is 20.0 Å². The van der Waals surface area contributed by atoms with Crippen LogP contribution in [0.3, 0.4) is 0 Å². The van der Waals surface area contributed by atoms with Gasteiger partial charge in [-0.2, -0.15) is 16.9 Å². The van der Waals surface area contributed by atoms with E-state index in [1.165, 1.54) is 6.07 Å². The molecule has 1 fully saturated rings. The molecule has 1 aliphatic carbocycles. The summed E-state index contributed by atoms with van der Waals surface area (Å²) in [5.74, 6) is 1.87. The molecule has 1 amide bonds. The third kappa shape index (κ3) is 3.89. The van der Waals surface area contributed by atoms with Crippen LogP contribution in [0.2, 0.25) is 0 Å². The maximum atomic E-state index is 13.9. The summed E-state index contributed by atoms with van der Waals surface area (Å²) in [5.41, 5.74) is 3.51. The third-order valence-electron chi connectivity index (χ3n) is 5.49. The molecule has 7 heteroatoms. The molecule has 2 aromatic rings. The second-order valence-corrected chi connectivity index (χ2v) is 8.44. The zero-order valence-corrected chi connectivity index (χ0v) is 16.4. The number of carbonyl (C=O) groups excluding carboxylic acids is 1. The van der Waals surface area contributed by atoms with E-state index in [1.54, 1.807) is 6.07 Å². The van der Waals surface area contributed by atoms with Gasteiger partial charge in [0.05, 0.1) is 0 Å². The highest BCUT2D eigenvalue weighted by molar-refractivity contribution is 7.99. The van der Waals surface area contributed by atoms with Gasteiger partial charge in [0.15, 0.2) is 5.69 Å². The lowest BCUT2D eigenvalue weighted by atomic mass is 9.91. The molecule has 1 N–H and O–H groups in total. The number of thioether (sulfide) groups is 1. The van der Waals surface area contributed by atoms with Gasteiger partial charge >= 0.3 is 0 Å². The van der Waals surface area contributed by atoms with E-state index >= 15 is 0 Å². The Balaban J connectivity index is 1.48. The molecule has 0 radical (unpaired) electrons. The lowest BCUT2D eigenvalue weighted by molar-refractivity contribution is 0.0764. The Bertz CT molecular complexity index is 831. The Labute approximate surface area is 163 Å². The van der Waals surface area contributed by atoms with Crippen LogP contribution in [0.4, 0.5) is 4.39 Å². The van der Waals surface area contributed by atoms with Crippen molar-refractivity contribution in [2.75, 3.05) is 24.6 Å². The topological polar surface area (TPSA) is 50.2 Å². The quantitative estimate of drug-likeness (QED) is 0.874. The number of aryl methyl sites for hydroxylation is 1. The van der Waals surface area contributed by atoms with Crippen LogP contribution in [0.15, 0.2) is 24.3 Å². The summed E-state index contributed by atoms with van der Waals surface area (Å²) < 4.78 is 15.7. The number of carbonyl (C=O) groups is 1. The van der Waals surface area contributed by atoms with E-state index in [0.717, 1.165) is 55.1 Å². The standard InChI is InChI=1S/C20H25FN4OS/c1-24-18-7-6-15(22-13-14-4-2-3-5-17(14)21)12-16(18)19(23-24)20(26)25-8-10-27-11-9-25/h2-5,15,22H,6-13H2,1H3. The predicted molar refractivity (Wildman–Crippen MR) is 105 cm³/mol. The van der Waals surface area contributed by atoms with E-state index < -0.39 is 0 Å². The maximum Gasteiger partial charge on any atom is 0.274 e. The van der Waals surface area contributed by atoms with Crippen LogP contribution in [-0.2, 0) is 26.4 Å². The van der Waals surface area contributed by atoms with Gasteiger partial charge in [-0.15, -0.1) is 0 Å². The van der Waals surface area contributed by atoms with Crippen molar-refractivity contribution in [3.63, 3.8) is 0 Å². The van der Waals surface area contributed by atoms with Gasteiger partial charge in [-0.25, -0.2) is 4.39 Å². The summed E-state index contributed by atoms with van der Waals surface area (Å²) in [4.78, 5) is 14.9. The summed E-state index contributed by atoms with van der Waals surface area (Å²) in [6.07, 6.45) is 2.62. The molecular weight excluding hydrogens is 363 g/mol. The first-order valence-electron chi connectivity index (χ1n) is 9.52. The van der Waals surface area contributed by atoms with E-state index in [0.29, 0.717) is 17.8 Å². The molecule has 1 aromatic carbocycles. The number of nitrogens with zero attached hydrogens (tertiary/aromatic N) is 3. The van der Waals surface area contributed by atoms with Crippen LogP contribution in [-0.4, -0.2) is 51.2 Å². The summed E-state index contributed by atoms with van der Waals surface area (Å²) in [6, 6.07) is 7.09. The Hall–Kier alpha value is -1.86. The predicted octanol–water partition coefficient (Wildman–Crippen LogP) is 2.40. The summed E-state index contributed by atoms with van der Waals surface area (Å²) in [5, 5.41) is 8.03. The largest absolute Gasteiger partial charge is 0.336 e. The molecule has 0 saturated carbocycles. The normalized spacial score (nSPS) is 19.8. The first-order chi connectivity index (χ1) is 13.1. The second-order valence-electron chi connectivity index (χ2n) is 7.21. The van der Waals surface area contributed by atoms with Gasteiger partial charge in [-0.1, -0.05) is 18.2 Å². The highest BCUT2D eigenvalue weighted by atomic mass is 32.2. The fourth-order valence-corrected chi connectivity index (χ4v) is 4.85. The molecular formula is C20H25FN4OS. The number of nitrogens with one attached hydrogen (secondary N) is 1. The van der Waals surface area contributed by atoms with Crippen molar-refractivity contribution in [3.05, 3.63) is 52.6 Å². The van der Waals surface area contributed by atoms with Crippen LogP contribution in [0.1, 0.15) is 33.7 Å². The van der Waals surface area contributed by atoms with E-state index in [9.17, 15) is 9.18 Å². The highest BCUT2D eigenvalue weighted by Gasteiger charge is 2.30.